The quantitative estimate of drug-likeness (QED) is 0.823. The Morgan fingerprint density at radius 3 is 2.69 bits per heavy atom. The highest BCUT2D eigenvalue weighted by atomic mass is 35.5. The number of amides is 1. The third kappa shape index (κ3) is 3.42. The van der Waals surface area contributed by atoms with Crippen molar-refractivity contribution in [3.05, 3.63) is 29.8 Å². The molecular weight excluding hydrogens is 226 g/mol. The molecule has 1 unspecified atom stereocenters. The average Bonchev–Trinajstić information content (AvgIpc) is 2.28. The highest BCUT2D eigenvalue weighted by molar-refractivity contribution is 6.30. The summed E-state index contributed by atoms with van der Waals surface area (Å²) >= 11 is 5.68. The molecule has 0 aromatic heterocycles. The van der Waals surface area contributed by atoms with Crippen LogP contribution in [0.3, 0.4) is 0 Å². The largest absolute Gasteiger partial charge is 0.497 e. The number of alkyl halides is 1. The first-order valence-corrected chi connectivity index (χ1v) is 5.56. The van der Waals surface area contributed by atoms with Gasteiger partial charge in [0.25, 0.3) is 0 Å². The number of methoxy groups -OCH3 is 1. The normalized spacial score (nSPS) is 14.0. The predicted molar refractivity (Wildman–Crippen MR) is 64.9 cm³/mol. The van der Waals surface area contributed by atoms with Gasteiger partial charge in [-0.3, -0.25) is 4.79 Å². The highest BCUT2D eigenvalue weighted by Crippen LogP contribution is 2.18. The maximum absolute atomic E-state index is 11.4. The molecule has 1 aromatic rings. The van der Waals surface area contributed by atoms with Crippen molar-refractivity contribution in [2.45, 2.75) is 25.3 Å². The van der Waals surface area contributed by atoms with Crippen LogP contribution < -0.4 is 10.1 Å². The summed E-state index contributed by atoms with van der Waals surface area (Å²) in [5.41, 5.74) is 0.991. The van der Waals surface area contributed by atoms with E-state index in [1.165, 1.54) is 0 Å². The van der Waals surface area contributed by atoms with Crippen LogP contribution in [0.2, 0.25) is 0 Å². The van der Waals surface area contributed by atoms with E-state index < -0.39 is 5.38 Å². The van der Waals surface area contributed by atoms with E-state index in [0.717, 1.165) is 11.3 Å². The van der Waals surface area contributed by atoms with Crippen LogP contribution in [0.4, 0.5) is 0 Å². The molecule has 0 bridgehead atoms. The Labute approximate surface area is 101 Å². The Morgan fingerprint density at radius 1 is 1.44 bits per heavy atom. The van der Waals surface area contributed by atoms with E-state index in [2.05, 4.69) is 5.32 Å². The van der Waals surface area contributed by atoms with Crippen molar-refractivity contribution in [1.29, 1.82) is 0 Å². The summed E-state index contributed by atoms with van der Waals surface area (Å²) in [6, 6.07) is 7.50. The Hall–Kier alpha value is -1.22. The van der Waals surface area contributed by atoms with Crippen molar-refractivity contribution < 1.29 is 9.53 Å². The first-order chi connectivity index (χ1) is 7.54. The van der Waals surface area contributed by atoms with Crippen LogP contribution in [-0.2, 0) is 4.79 Å². The molecule has 0 saturated carbocycles. The van der Waals surface area contributed by atoms with E-state index in [4.69, 9.17) is 16.3 Å². The van der Waals surface area contributed by atoms with Gasteiger partial charge in [0.1, 0.15) is 11.1 Å². The molecule has 0 spiro atoms. The standard InChI is InChI=1S/C12H16ClNO2/c1-8(13)12(15)14-9(2)10-5-4-6-11(7-10)16-3/h4-9H,1-3H3,(H,14,15)/t8?,9-/m0/s1. The van der Waals surface area contributed by atoms with Crippen LogP contribution in [0, 0.1) is 0 Å². The summed E-state index contributed by atoms with van der Waals surface area (Å²) in [5, 5.41) is 2.30. The van der Waals surface area contributed by atoms with Gasteiger partial charge < -0.3 is 10.1 Å². The van der Waals surface area contributed by atoms with E-state index in [0.29, 0.717) is 0 Å². The van der Waals surface area contributed by atoms with Gasteiger partial charge in [-0.25, -0.2) is 0 Å². The zero-order valence-electron chi connectivity index (χ0n) is 9.66. The van der Waals surface area contributed by atoms with Crippen LogP contribution in [-0.4, -0.2) is 18.4 Å². The molecule has 88 valence electrons. The van der Waals surface area contributed by atoms with E-state index >= 15 is 0 Å². The van der Waals surface area contributed by atoms with Crippen molar-refractivity contribution in [3.8, 4) is 5.75 Å². The lowest BCUT2D eigenvalue weighted by Crippen LogP contribution is -2.31. The molecule has 2 atom stereocenters. The maximum Gasteiger partial charge on any atom is 0.238 e. The van der Waals surface area contributed by atoms with Crippen LogP contribution in [0.1, 0.15) is 25.5 Å². The lowest BCUT2D eigenvalue weighted by atomic mass is 10.1. The van der Waals surface area contributed by atoms with E-state index in [-0.39, 0.29) is 11.9 Å². The number of hydrogen-bond acceptors (Lipinski definition) is 2. The van der Waals surface area contributed by atoms with Crippen LogP contribution in [0.25, 0.3) is 0 Å². The number of nitrogens with one attached hydrogen (secondary N) is 1. The first-order valence-electron chi connectivity index (χ1n) is 5.13. The highest BCUT2D eigenvalue weighted by Gasteiger charge is 2.13. The Kier molecular flexibility index (Phi) is 4.62. The van der Waals surface area contributed by atoms with Crippen molar-refractivity contribution in [2.24, 2.45) is 0 Å². The fraction of sp³-hybridized carbons (Fsp3) is 0.417. The fourth-order valence-corrected chi connectivity index (χ4v) is 1.39. The second-order valence-corrected chi connectivity index (χ2v) is 4.28. The summed E-state index contributed by atoms with van der Waals surface area (Å²) in [4.78, 5) is 11.4. The third-order valence-corrected chi connectivity index (χ3v) is 2.51. The number of carbonyl (C=O) groups excluding carboxylic acids is 1. The minimum Gasteiger partial charge on any atom is -0.497 e. The maximum atomic E-state index is 11.4. The van der Waals surface area contributed by atoms with Crippen LogP contribution in [0.5, 0.6) is 5.75 Å². The molecule has 1 aromatic carbocycles. The van der Waals surface area contributed by atoms with Gasteiger partial charge in [0.2, 0.25) is 5.91 Å². The topological polar surface area (TPSA) is 38.3 Å². The van der Waals surface area contributed by atoms with Gasteiger partial charge in [-0.05, 0) is 31.5 Å². The minimum atomic E-state index is -0.520. The monoisotopic (exact) mass is 241 g/mol. The number of hydrogen-bond donors (Lipinski definition) is 1. The number of rotatable bonds is 4. The molecule has 3 nitrogen and oxygen atoms in total. The van der Waals surface area contributed by atoms with Gasteiger partial charge in [-0.2, -0.15) is 0 Å². The lowest BCUT2D eigenvalue weighted by molar-refractivity contribution is -0.121. The first kappa shape index (κ1) is 12.8. The van der Waals surface area contributed by atoms with Gasteiger partial charge >= 0.3 is 0 Å². The molecule has 0 aliphatic carbocycles. The van der Waals surface area contributed by atoms with E-state index in [9.17, 15) is 4.79 Å². The minimum absolute atomic E-state index is 0.0798. The SMILES string of the molecule is COc1cccc([C@H](C)NC(=O)C(C)Cl)c1. The van der Waals surface area contributed by atoms with Crippen molar-refractivity contribution >= 4 is 17.5 Å². The summed E-state index contributed by atoms with van der Waals surface area (Å²) in [6.45, 7) is 3.56. The number of halogens is 1. The van der Waals surface area contributed by atoms with Gasteiger partial charge in [0.05, 0.1) is 13.2 Å². The van der Waals surface area contributed by atoms with Crippen LogP contribution in [0.15, 0.2) is 24.3 Å². The summed E-state index contributed by atoms with van der Waals surface area (Å²) < 4.78 is 5.12. The molecule has 0 heterocycles. The third-order valence-electron chi connectivity index (χ3n) is 2.31. The summed E-state index contributed by atoms with van der Waals surface area (Å²) in [5.74, 6) is 0.606. The molecule has 0 radical (unpaired) electrons. The van der Waals surface area contributed by atoms with Crippen molar-refractivity contribution in [3.63, 3.8) is 0 Å². The molecule has 16 heavy (non-hydrogen) atoms. The average molecular weight is 242 g/mol. The predicted octanol–water partition coefficient (Wildman–Crippen LogP) is 2.50. The Morgan fingerprint density at radius 2 is 2.12 bits per heavy atom. The van der Waals surface area contributed by atoms with Crippen LogP contribution >= 0.6 is 11.6 Å². The molecule has 0 aliphatic rings. The lowest BCUT2D eigenvalue weighted by Gasteiger charge is -2.15. The molecular formula is C12H16ClNO2. The van der Waals surface area contributed by atoms with Gasteiger partial charge in [-0.1, -0.05) is 12.1 Å². The molecule has 1 N–H and O–H groups in total. The van der Waals surface area contributed by atoms with Gasteiger partial charge in [0.15, 0.2) is 0 Å². The smallest absolute Gasteiger partial charge is 0.238 e. The summed E-state index contributed by atoms with van der Waals surface area (Å²) in [6.07, 6.45) is 0. The Balaban J connectivity index is 2.72. The second-order valence-electron chi connectivity index (χ2n) is 3.62. The van der Waals surface area contributed by atoms with Gasteiger partial charge in [-0.15, -0.1) is 11.6 Å². The van der Waals surface area contributed by atoms with E-state index in [1.807, 2.05) is 31.2 Å². The molecule has 0 aliphatic heterocycles. The van der Waals surface area contributed by atoms with E-state index in [1.54, 1.807) is 14.0 Å². The van der Waals surface area contributed by atoms with Crippen molar-refractivity contribution in [2.75, 3.05) is 7.11 Å². The number of ether oxygens (including phenoxy) is 1. The molecule has 1 rings (SSSR count). The number of carbonyl (C=O) groups is 1. The molecule has 0 fully saturated rings. The zero-order chi connectivity index (χ0) is 12.1. The zero-order valence-corrected chi connectivity index (χ0v) is 10.4. The van der Waals surface area contributed by atoms with Crippen molar-refractivity contribution in [1.82, 2.24) is 5.32 Å². The second kappa shape index (κ2) is 5.75. The molecule has 1 amide bonds. The Bertz CT molecular complexity index is 366. The fourth-order valence-electron chi connectivity index (χ4n) is 1.32. The number of benzene rings is 1. The van der Waals surface area contributed by atoms with Gasteiger partial charge in [0, 0.05) is 0 Å². The molecule has 0 saturated heterocycles. The molecule has 4 heteroatoms. The summed E-state index contributed by atoms with van der Waals surface area (Å²) in [7, 11) is 1.61.